The van der Waals surface area contributed by atoms with Crippen molar-refractivity contribution in [2.24, 2.45) is 0 Å². The molecule has 150 valence electrons. The molecule has 0 bridgehead atoms. The molecule has 3 amide bonds. The van der Waals surface area contributed by atoms with Gasteiger partial charge in [-0.2, -0.15) is 0 Å². The molecule has 9 heteroatoms. The number of hydrogen-bond acceptors (Lipinski definition) is 5. The molecule has 0 fully saturated rings. The van der Waals surface area contributed by atoms with Gasteiger partial charge in [-0.3, -0.25) is 15.0 Å². The van der Waals surface area contributed by atoms with Gasteiger partial charge in [0.05, 0.1) is 5.56 Å². The number of nitrogens with one attached hydrogen (secondary N) is 2. The van der Waals surface area contributed by atoms with Gasteiger partial charge < -0.3 is 10.1 Å². The van der Waals surface area contributed by atoms with Crippen LogP contribution in [-0.4, -0.2) is 48.5 Å². The second-order valence-electron chi connectivity index (χ2n) is 7.27. The Morgan fingerprint density at radius 1 is 1.11 bits per heavy atom. The van der Waals surface area contributed by atoms with Crippen molar-refractivity contribution in [3.05, 3.63) is 35.4 Å². The van der Waals surface area contributed by atoms with Crippen molar-refractivity contribution in [3.8, 4) is 0 Å². The highest BCUT2D eigenvalue weighted by molar-refractivity contribution is 5.97. The van der Waals surface area contributed by atoms with Gasteiger partial charge in [-0.25, -0.2) is 18.4 Å². The van der Waals surface area contributed by atoms with Gasteiger partial charge in [0.15, 0.2) is 6.10 Å². The van der Waals surface area contributed by atoms with Crippen LogP contribution in [0.15, 0.2) is 18.2 Å². The smallest absolute Gasteiger partial charge is 0.328 e. The van der Waals surface area contributed by atoms with Crippen LogP contribution < -0.4 is 10.6 Å². The van der Waals surface area contributed by atoms with E-state index < -0.39 is 52.8 Å². The van der Waals surface area contributed by atoms with E-state index in [1.54, 1.807) is 20.8 Å². The summed E-state index contributed by atoms with van der Waals surface area (Å²) in [6, 6.07) is 1.07. The van der Waals surface area contributed by atoms with E-state index in [0.717, 1.165) is 12.1 Å². The molecule has 2 atom stereocenters. The topological polar surface area (TPSA) is 87.7 Å². The number of carbonyl (C=O) groups excluding carboxylic acids is 3. The molecule has 0 aliphatic heterocycles. The minimum absolute atomic E-state index is 0.481. The Labute approximate surface area is 157 Å². The average molecular weight is 385 g/mol. The number of hydrogen-bond donors (Lipinski definition) is 2. The molecule has 0 saturated carbocycles. The number of rotatable bonds is 5. The van der Waals surface area contributed by atoms with Crippen LogP contribution in [0.1, 0.15) is 39.3 Å². The fourth-order valence-electron chi connectivity index (χ4n) is 2.24. The number of nitrogens with zero attached hydrogens (tertiary/aromatic N) is 1. The molecule has 27 heavy (non-hydrogen) atoms. The van der Waals surface area contributed by atoms with E-state index in [1.807, 2.05) is 5.32 Å². The van der Waals surface area contributed by atoms with Crippen molar-refractivity contribution in [1.29, 1.82) is 0 Å². The summed E-state index contributed by atoms with van der Waals surface area (Å²) in [4.78, 5) is 37.5. The van der Waals surface area contributed by atoms with Crippen molar-refractivity contribution < 1.29 is 27.9 Å². The van der Waals surface area contributed by atoms with Gasteiger partial charge in [0.1, 0.15) is 17.7 Å². The first-order valence-electron chi connectivity index (χ1n) is 8.27. The van der Waals surface area contributed by atoms with Gasteiger partial charge in [-0.1, -0.05) is 6.07 Å². The molecule has 7 nitrogen and oxygen atoms in total. The van der Waals surface area contributed by atoms with Crippen molar-refractivity contribution in [2.75, 3.05) is 14.1 Å². The lowest BCUT2D eigenvalue weighted by Crippen LogP contribution is -2.50. The molecule has 1 rings (SSSR count). The third-order valence-corrected chi connectivity index (χ3v) is 3.40. The van der Waals surface area contributed by atoms with E-state index >= 15 is 0 Å². The summed E-state index contributed by atoms with van der Waals surface area (Å²) in [6.45, 7) is 6.43. The summed E-state index contributed by atoms with van der Waals surface area (Å²) in [5.74, 6) is -3.71. The molecule has 1 aromatic rings. The minimum Gasteiger partial charge on any atom is -0.451 e. The number of carbonyl (C=O) groups is 3. The third-order valence-electron chi connectivity index (χ3n) is 3.40. The van der Waals surface area contributed by atoms with Crippen molar-refractivity contribution in [1.82, 2.24) is 15.5 Å². The highest BCUT2D eigenvalue weighted by Gasteiger charge is 2.33. The molecule has 0 saturated heterocycles. The van der Waals surface area contributed by atoms with E-state index in [9.17, 15) is 23.2 Å². The van der Waals surface area contributed by atoms with Crippen LogP contribution in [0.25, 0.3) is 0 Å². The predicted molar refractivity (Wildman–Crippen MR) is 94.8 cm³/mol. The predicted octanol–water partition coefficient (Wildman–Crippen LogP) is 2.12. The maximum atomic E-state index is 14.0. The standard InChI is InChI=1S/C18H25F2N3O4/c1-10(15(24)21-17(26)22-18(2,3)4)27-16(25)14(23(5)6)13-11(19)8-7-9-12(13)20/h7-10,14H,1-6H3,(H2,21,22,24,26)/t10-,14-/m1/s1. The van der Waals surface area contributed by atoms with Crippen molar-refractivity contribution in [3.63, 3.8) is 0 Å². The number of urea groups is 1. The Hall–Kier alpha value is -2.55. The number of esters is 1. The summed E-state index contributed by atoms with van der Waals surface area (Å²) in [6.07, 6.45) is -1.35. The average Bonchev–Trinajstić information content (AvgIpc) is 2.48. The number of benzene rings is 1. The largest absolute Gasteiger partial charge is 0.451 e. The zero-order valence-electron chi connectivity index (χ0n) is 16.2. The Kier molecular flexibility index (Phi) is 7.41. The Balaban J connectivity index is 2.88. The second kappa shape index (κ2) is 8.90. The molecular formula is C18H25F2N3O4. The van der Waals surface area contributed by atoms with Crippen LogP contribution in [-0.2, 0) is 14.3 Å². The summed E-state index contributed by atoms with van der Waals surface area (Å²) in [5.41, 5.74) is -1.05. The fourth-order valence-corrected chi connectivity index (χ4v) is 2.24. The van der Waals surface area contributed by atoms with Gasteiger partial charge in [0, 0.05) is 5.54 Å². The van der Waals surface area contributed by atoms with Gasteiger partial charge in [-0.05, 0) is 53.9 Å². The Morgan fingerprint density at radius 3 is 2.07 bits per heavy atom. The van der Waals surface area contributed by atoms with E-state index in [-0.39, 0.29) is 0 Å². The summed E-state index contributed by atoms with van der Waals surface area (Å²) in [7, 11) is 2.89. The molecule has 0 unspecified atom stereocenters. The van der Waals surface area contributed by atoms with Crippen LogP contribution >= 0.6 is 0 Å². The SMILES string of the molecule is C[C@@H](OC(=O)[C@@H](c1c(F)cccc1F)N(C)C)C(=O)NC(=O)NC(C)(C)C. The first kappa shape index (κ1) is 22.5. The maximum absolute atomic E-state index is 14.0. The lowest BCUT2D eigenvalue weighted by Gasteiger charge is -2.25. The number of imide groups is 1. The number of ether oxygens (including phenoxy) is 1. The zero-order chi connectivity index (χ0) is 20.9. The van der Waals surface area contributed by atoms with Crippen LogP contribution in [0.3, 0.4) is 0 Å². The van der Waals surface area contributed by atoms with Crippen molar-refractivity contribution in [2.45, 2.75) is 45.4 Å². The first-order valence-corrected chi connectivity index (χ1v) is 8.27. The van der Waals surface area contributed by atoms with Gasteiger partial charge in [0.2, 0.25) is 0 Å². The summed E-state index contributed by atoms with van der Waals surface area (Å²) >= 11 is 0. The summed E-state index contributed by atoms with van der Waals surface area (Å²) in [5, 5.41) is 4.57. The third kappa shape index (κ3) is 6.59. The molecule has 1 aromatic carbocycles. The summed E-state index contributed by atoms with van der Waals surface area (Å²) < 4.78 is 33.1. The molecule has 2 N–H and O–H groups in total. The molecular weight excluding hydrogens is 360 g/mol. The van der Waals surface area contributed by atoms with Crippen molar-refractivity contribution >= 4 is 17.9 Å². The number of amides is 3. The molecule has 0 heterocycles. The van der Waals surface area contributed by atoms with E-state index in [1.165, 1.54) is 32.0 Å². The van der Waals surface area contributed by atoms with Crippen LogP contribution in [0.5, 0.6) is 0 Å². The van der Waals surface area contributed by atoms with E-state index in [4.69, 9.17) is 4.74 Å². The molecule has 0 aliphatic rings. The zero-order valence-corrected chi connectivity index (χ0v) is 16.2. The number of halogens is 2. The molecule has 0 aliphatic carbocycles. The molecule has 0 spiro atoms. The van der Waals surface area contributed by atoms with Gasteiger partial charge in [0.25, 0.3) is 5.91 Å². The van der Waals surface area contributed by atoms with Gasteiger partial charge in [-0.15, -0.1) is 0 Å². The fraction of sp³-hybridized carbons (Fsp3) is 0.500. The Bertz CT molecular complexity index is 697. The van der Waals surface area contributed by atoms with E-state index in [0.29, 0.717) is 0 Å². The molecule has 0 radical (unpaired) electrons. The number of likely N-dealkylation sites (N-methyl/N-ethyl adjacent to an activating group) is 1. The highest BCUT2D eigenvalue weighted by Crippen LogP contribution is 2.26. The van der Waals surface area contributed by atoms with Crippen LogP contribution in [0, 0.1) is 11.6 Å². The maximum Gasteiger partial charge on any atom is 0.328 e. The molecule has 0 aromatic heterocycles. The Morgan fingerprint density at radius 2 is 1.63 bits per heavy atom. The lowest BCUT2D eigenvalue weighted by molar-refractivity contribution is -0.159. The monoisotopic (exact) mass is 385 g/mol. The second-order valence-corrected chi connectivity index (χ2v) is 7.27. The van der Waals surface area contributed by atoms with Crippen LogP contribution in [0.4, 0.5) is 13.6 Å². The first-order chi connectivity index (χ1) is 12.3. The van der Waals surface area contributed by atoms with E-state index in [2.05, 4.69) is 5.32 Å². The quantitative estimate of drug-likeness (QED) is 0.758. The highest BCUT2D eigenvalue weighted by atomic mass is 19.1. The minimum atomic E-state index is -1.40. The van der Waals surface area contributed by atoms with Gasteiger partial charge >= 0.3 is 12.0 Å². The normalized spacial score (nSPS) is 13.7. The lowest BCUT2D eigenvalue weighted by atomic mass is 10.0. The van der Waals surface area contributed by atoms with Crippen LogP contribution in [0.2, 0.25) is 0 Å².